The molecule has 2 unspecified atom stereocenters. The van der Waals surface area contributed by atoms with Crippen molar-refractivity contribution in [3.05, 3.63) is 11.1 Å². The number of Topliss-reactive ketones (excluding diaryl/α,β-unsaturated/α-hetero) is 1. The lowest BCUT2D eigenvalue weighted by atomic mass is 9.91. The van der Waals surface area contributed by atoms with E-state index < -0.39 is 13.9 Å². The van der Waals surface area contributed by atoms with E-state index in [4.69, 9.17) is 16.0 Å². The zero-order valence-electron chi connectivity index (χ0n) is 12.3. The molecule has 4 heteroatoms. The number of carbonyl (C=O) groups is 1. The van der Waals surface area contributed by atoms with Crippen molar-refractivity contribution in [1.82, 2.24) is 0 Å². The zero-order valence-corrected chi connectivity index (χ0v) is 14.0. The first-order valence-electron chi connectivity index (χ1n) is 5.95. The second kappa shape index (κ2) is 5.68. The van der Waals surface area contributed by atoms with E-state index in [1.54, 1.807) is 6.92 Å². The Balaban J connectivity index is 5.39. The molecule has 0 aromatic heterocycles. The lowest BCUT2D eigenvalue weighted by molar-refractivity contribution is -0.129. The highest BCUT2D eigenvalue weighted by Gasteiger charge is 2.42. The molecular weight excluding hydrogens is 252 g/mol. The maximum Gasteiger partial charge on any atom is 0.190 e. The van der Waals surface area contributed by atoms with E-state index in [1.165, 1.54) is 0 Å². The molecule has 0 saturated heterocycles. The van der Waals surface area contributed by atoms with Crippen LogP contribution in [-0.4, -0.2) is 25.1 Å². The minimum atomic E-state index is -1.83. The molecule has 17 heavy (non-hydrogen) atoms. The second-order valence-electron chi connectivity index (χ2n) is 5.89. The Hall–Kier alpha value is -0.123. The van der Waals surface area contributed by atoms with Crippen LogP contribution in [0.15, 0.2) is 11.1 Å². The van der Waals surface area contributed by atoms with Crippen LogP contribution in [-0.2, 0) is 9.22 Å². The normalized spacial score (nSPS) is 17.2. The standard InChI is InChI=1S/C13H25ClO2Si/c1-9(2)10(3)12(15)13(5,11(4)14)16-17(6,7)8/h11H,1-8H3. The third-order valence-electron chi connectivity index (χ3n) is 2.82. The fourth-order valence-corrected chi connectivity index (χ4v) is 3.30. The molecule has 0 aliphatic rings. The first-order chi connectivity index (χ1) is 7.42. The lowest BCUT2D eigenvalue weighted by Gasteiger charge is -2.37. The van der Waals surface area contributed by atoms with E-state index in [0.29, 0.717) is 0 Å². The van der Waals surface area contributed by atoms with Crippen LogP contribution in [0.2, 0.25) is 19.6 Å². The molecule has 0 fully saturated rings. The highest BCUT2D eigenvalue weighted by Crippen LogP contribution is 2.29. The Morgan fingerprint density at radius 1 is 1.24 bits per heavy atom. The zero-order chi connectivity index (χ0) is 14.0. The molecule has 100 valence electrons. The number of halogens is 1. The maximum atomic E-state index is 12.5. The lowest BCUT2D eigenvalue weighted by Crippen LogP contribution is -2.52. The minimum absolute atomic E-state index is 0.00225. The van der Waals surface area contributed by atoms with Crippen LogP contribution < -0.4 is 0 Å². The summed E-state index contributed by atoms with van der Waals surface area (Å²) in [6, 6.07) is 0. The number of allylic oxidation sites excluding steroid dienone is 1. The van der Waals surface area contributed by atoms with Gasteiger partial charge in [-0.05, 0) is 59.8 Å². The average Bonchev–Trinajstić information content (AvgIpc) is 2.12. The van der Waals surface area contributed by atoms with Crippen molar-refractivity contribution in [2.75, 3.05) is 0 Å². The van der Waals surface area contributed by atoms with Gasteiger partial charge < -0.3 is 4.43 Å². The molecule has 0 rings (SSSR count). The fourth-order valence-electron chi connectivity index (χ4n) is 1.54. The molecule has 0 aliphatic carbocycles. The third-order valence-corrected chi connectivity index (χ3v) is 4.27. The summed E-state index contributed by atoms with van der Waals surface area (Å²) in [5, 5.41) is -0.351. The molecule has 0 spiro atoms. The Bertz CT molecular complexity index is 325. The SMILES string of the molecule is CC(C)=C(C)C(=O)C(C)(O[Si](C)(C)C)C(C)Cl. The van der Waals surface area contributed by atoms with Gasteiger partial charge in [-0.2, -0.15) is 0 Å². The maximum absolute atomic E-state index is 12.5. The molecule has 0 aromatic rings. The van der Waals surface area contributed by atoms with E-state index in [0.717, 1.165) is 11.1 Å². The van der Waals surface area contributed by atoms with Crippen LogP contribution >= 0.6 is 11.6 Å². The van der Waals surface area contributed by atoms with Gasteiger partial charge in [-0.1, -0.05) is 5.57 Å². The van der Waals surface area contributed by atoms with Crippen LogP contribution in [0.4, 0.5) is 0 Å². The topological polar surface area (TPSA) is 26.3 Å². The Morgan fingerprint density at radius 3 is 1.88 bits per heavy atom. The summed E-state index contributed by atoms with van der Waals surface area (Å²) in [7, 11) is -1.83. The van der Waals surface area contributed by atoms with Crippen molar-refractivity contribution in [3.8, 4) is 0 Å². The summed E-state index contributed by atoms with van der Waals surface area (Å²) >= 11 is 6.19. The van der Waals surface area contributed by atoms with Gasteiger partial charge in [0.05, 0.1) is 5.38 Å². The summed E-state index contributed by atoms with van der Waals surface area (Å²) < 4.78 is 6.04. The van der Waals surface area contributed by atoms with Gasteiger partial charge in [0.15, 0.2) is 14.1 Å². The predicted octanol–water partition coefficient (Wildman–Crippen LogP) is 4.15. The van der Waals surface area contributed by atoms with Gasteiger partial charge in [0.1, 0.15) is 5.60 Å². The van der Waals surface area contributed by atoms with E-state index >= 15 is 0 Å². The minimum Gasteiger partial charge on any atom is -0.404 e. The van der Waals surface area contributed by atoms with Crippen LogP contribution in [0, 0.1) is 0 Å². The van der Waals surface area contributed by atoms with Crippen molar-refractivity contribution in [1.29, 1.82) is 0 Å². The molecule has 0 aliphatic heterocycles. The Kier molecular flexibility index (Phi) is 5.64. The molecule has 0 saturated carbocycles. The van der Waals surface area contributed by atoms with Crippen LogP contribution in [0.5, 0.6) is 0 Å². The summed E-state index contributed by atoms with van der Waals surface area (Å²) in [4.78, 5) is 12.5. The smallest absolute Gasteiger partial charge is 0.190 e. The fraction of sp³-hybridized carbons (Fsp3) is 0.769. The van der Waals surface area contributed by atoms with Crippen molar-refractivity contribution in [2.45, 2.75) is 65.2 Å². The van der Waals surface area contributed by atoms with Crippen molar-refractivity contribution in [3.63, 3.8) is 0 Å². The van der Waals surface area contributed by atoms with Crippen LogP contribution in [0.3, 0.4) is 0 Å². The average molecular weight is 277 g/mol. The molecule has 2 nitrogen and oxygen atoms in total. The number of ketones is 1. The molecule has 0 heterocycles. The Morgan fingerprint density at radius 2 is 1.65 bits per heavy atom. The number of rotatable bonds is 5. The number of hydrogen-bond acceptors (Lipinski definition) is 2. The first kappa shape index (κ1) is 16.9. The molecule has 0 bridgehead atoms. The third kappa shape index (κ3) is 4.57. The highest BCUT2D eigenvalue weighted by atomic mass is 35.5. The first-order valence-corrected chi connectivity index (χ1v) is 9.79. The van der Waals surface area contributed by atoms with E-state index in [2.05, 4.69) is 19.6 Å². The van der Waals surface area contributed by atoms with Crippen LogP contribution in [0.1, 0.15) is 34.6 Å². The van der Waals surface area contributed by atoms with Gasteiger partial charge in [0, 0.05) is 0 Å². The largest absolute Gasteiger partial charge is 0.404 e. The van der Waals surface area contributed by atoms with Gasteiger partial charge in [0.2, 0.25) is 0 Å². The van der Waals surface area contributed by atoms with E-state index in [1.807, 2.05) is 27.7 Å². The molecule has 0 aromatic carbocycles. The van der Waals surface area contributed by atoms with Crippen molar-refractivity contribution < 1.29 is 9.22 Å². The van der Waals surface area contributed by atoms with Crippen molar-refractivity contribution >= 4 is 25.7 Å². The summed E-state index contributed by atoms with van der Waals surface area (Å²) in [5.74, 6) is 0.00225. The van der Waals surface area contributed by atoms with E-state index in [9.17, 15) is 4.79 Å². The van der Waals surface area contributed by atoms with Gasteiger partial charge in [-0.25, -0.2) is 0 Å². The quantitative estimate of drug-likeness (QED) is 0.428. The monoisotopic (exact) mass is 276 g/mol. The predicted molar refractivity (Wildman–Crippen MR) is 77.2 cm³/mol. The number of carbonyl (C=O) groups excluding carboxylic acids is 1. The summed E-state index contributed by atoms with van der Waals surface area (Å²) in [6.07, 6.45) is 0. The molecule has 0 N–H and O–H groups in total. The van der Waals surface area contributed by atoms with Gasteiger partial charge in [-0.15, -0.1) is 11.6 Å². The number of hydrogen-bond donors (Lipinski definition) is 0. The Labute approximate surface area is 112 Å². The molecular formula is C13H25ClO2Si. The summed E-state index contributed by atoms with van der Waals surface area (Å²) in [6.45, 7) is 15.5. The highest BCUT2D eigenvalue weighted by molar-refractivity contribution is 6.70. The van der Waals surface area contributed by atoms with Crippen molar-refractivity contribution in [2.24, 2.45) is 0 Å². The van der Waals surface area contributed by atoms with Crippen LogP contribution in [0.25, 0.3) is 0 Å². The summed E-state index contributed by atoms with van der Waals surface area (Å²) in [5.41, 5.74) is 0.837. The molecule has 0 amide bonds. The second-order valence-corrected chi connectivity index (χ2v) is 11.0. The molecule has 2 atom stereocenters. The molecule has 0 radical (unpaired) electrons. The number of alkyl halides is 1. The van der Waals surface area contributed by atoms with Gasteiger partial charge in [-0.3, -0.25) is 4.79 Å². The van der Waals surface area contributed by atoms with Gasteiger partial charge >= 0.3 is 0 Å². The van der Waals surface area contributed by atoms with E-state index in [-0.39, 0.29) is 11.2 Å². The van der Waals surface area contributed by atoms with Gasteiger partial charge in [0.25, 0.3) is 0 Å².